The Hall–Kier alpha value is -1.28. The van der Waals surface area contributed by atoms with Crippen LogP contribution in [0.3, 0.4) is 0 Å². The second-order valence-corrected chi connectivity index (χ2v) is 6.41. The van der Waals surface area contributed by atoms with Gasteiger partial charge in [-0.25, -0.2) is 0 Å². The number of fused-ring (bicyclic) bond motifs is 1. The van der Waals surface area contributed by atoms with E-state index in [2.05, 4.69) is 58.1 Å². The largest absolute Gasteiger partial charge is 0.459 e. The zero-order valence-electron chi connectivity index (χ0n) is 13.4. The topological polar surface area (TPSA) is 25.2 Å². The molecule has 20 heavy (non-hydrogen) atoms. The van der Waals surface area contributed by atoms with Gasteiger partial charge in [-0.05, 0) is 31.2 Å². The number of hydrogen-bond acceptors (Lipinski definition) is 2. The van der Waals surface area contributed by atoms with Gasteiger partial charge < -0.3 is 9.73 Å². The van der Waals surface area contributed by atoms with Gasteiger partial charge >= 0.3 is 0 Å². The molecule has 0 aliphatic rings. The number of para-hydroxylation sites is 1. The molecule has 2 rings (SSSR count). The molecule has 0 saturated heterocycles. The molecule has 110 valence electrons. The average Bonchev–Trinajstić information content (AvgIpc) is 2.83. The molecule has 1 atom stereocenters. The van der Waals surface area contributed by atoms with Gasteiger partial charge in [-0.2, -0.15) is 0 Å². The van der Waals surface area contributed by atoms with Gasteiger partial charge in [0.25, 0.3) is 0 Å². The van der Waals surface area contributed by atoms with Crippen LogP contribution in [0.4, 0.5) is 0 Å². The fraction of sp³-hybridized carbons (Fsp3) is 0.556. The molecule has 0 spiro atoms. The molecule has 2 aromatic rings. The third kappa shape index (κ3) is 3.06. The number of aryl methyl sites for hydroxylation is 1. The van der Waals surface area contributed by atoms with Crippen molar-refractivity contribution in [2.75, 3.05) is 6.54 Å². The van der Waals surface area contributed by atoms with E-state index in [9.17, 15) is 0 Å². The first-order valence-corrected chi connectivity index (χ1v) is 7.72. The molecule has 1 N–H and O–H groups in total. The van der Waals surface area contributed by atoms with Crippen LogP contribution in [0, 0.1) is 5.41 Å². The zero-order valence-corrected chi connectivity index (χ0v) is 13.4. The summed E-state index contributed by atoms with van der Waals surface area (Å²) in [6.07, 6.45) is 2.18. The molecule has 0 aliphatic carbocycles. The number of nitrogens with one attached hydrogen (secondary N) is 1. The minimum atomic E-state index is 0.253. The summed E-state index contributed by atoms with van der Waals surface area (Å²) in [5.41, 5.74) is 2.67. The lowest BCUT2D eigenvalue weighted by molar-refractivity contribution is 0.303. The van der Waals surface area contributed by atoms with Crippen molar-refractivity contribution in [3.63, 3.8) is 0 Å². The highest BCUT2D eigenvalue weighted by atomic mass is 16.3. The highest BCUT2D eigenvalue weighted by Gasteiger charge is 2.21. The lowest BCUT2D eigenvalue weighted by Crippen LogP contribution is -2.31. The minimum absolute atomic E-state index is 0.253. The van der Waals surface area contributed by atoms with Crippen molar-refractivity contribution >= 4 is 11.0 Å². The number of furan rings is 1. The molecule has 1 unspecified atom stereocenters. The van der Waals surface area contributed by atoms with Crippen molar-refractivity contribution in [1.29, 1.82) is 0 Å². The van der Waals surface area contributed by atoms with Crippen molar-refractivity contribution in [2.45, 2.75) is 53.5 Å². The summed E-state index contributed by atoms with van der Waals surface area (Å²) in [7, 11) is 0. The van der Waals surface area contributed by atoms with Crippen LogP contribution in [0.25, 0.3) is 11.0 Å². The summed E-state index contributed by atoms with van der Waals surface area (Å²) < 4.78 is 6.09. The van der Waals surface area contributed by atoms with E-state index in [1.807, 2.05) is 6.07 Å². The third-order valence-electron chi connectivity index (χ3n) is 4.32. The Labute approximate surface area is 122 Å². The molecule has 0 fully saturated rings. The van der Waals surface area contributed by atoms with E-state index in [4.69, 9.17) is 4.42 Å². The predicted octanol–water partition coefficient (Wildman–Crippen LogP) is 5.08. The van der Waals surface area contributed by atoms with Gasteiger partial charge in [0.05, 0.1) is 6.04 Å². The zero-order chi connectivity index (χ0) is 14.8. The van der Waals surface area contributed by atoms with E-state index >= 15 is 0 Å². The summed E-state index contributed by atoms with van der Waals surface area (Å²) in [6, 6.07) is 8.58. The van der Waals surface area contributed by atoms with Crippen molar-refractivity contribution in [3.8, 4) is 0 Å². The van der Waals surface area contributed by atoms with Gasteiger partial charge in [-0.3, -0.25) is 0 Å². The molecule has 1 heterocycles. The van der Waals surface area contributed by atoms with Crippen molar-refractivity contribution in [2.24, 2.45) is 5.41 Å². The van der Waals surface area contributed by atoms with Crippen LogP contribution < -0.4 is 5.32 Å². The molecule has 0 amide bonds. The SMILES string of the molecule is CCc1c(C(C)NCC(C)(C)CC)oc2ccccc12. The van der Waals surface area contributed by atoms with Gasteiger partial charge in [0.15, 0.2) is 0 Å². The molecular formula is C18H27NO. The number of benzene rings is 1. The summed E-state index contributed by atoms with van der Waals surface area (Å²) in [5, 5.41) is 4.89. The molecular weight excluding hydrogens is 246 g/mol. The maximum Gasteiger partial charge on any atom is 0.134 e. The maximum absolute atomic E-state index is 6.09. The molecule has 0 aliphatic heterocycles. The van der Waals surface area contributed by atoms with Gasteiger partial charge in [0.1, 0.15) is 11.3 Å². The van der Waals surface area contributed by atoms with Crippen LogP contribution in [-0.2, 0) is 6.42 Å². The van der Waals surface area contributed by atoms with Crippen LogP contribution in [0.5, 0.6) is 0 Å². The van der Waals surface area contributed by atoms with Crippen LogP contribution >= 0.6 is 0 Å². The van der Waals surface area contributed by atoms with Gasteiger partial charge in [-0.15, -0.1) is 0 Å². The first-order chi connectivity index (χ1) is 9.48. The van der Waals surface area contributed by atoms with E-state index in [0.29, 0.717) is 5.41 Å². The quantitative estimate of drug-likeness (QED) is 0.793. The highest BCUT2D eigenvalue weighted by molar-refractivity contribution is 5.82. The van der Waals surface area contributed by atoms with Crippen molar-refractivity contribution in [3.05, 3.63) is 35.6 Å². The Balaban J connectivity index is 2.23. The first-order valence-electron chi connectivity index (χ1n) is 7.72. The Morgan fingerprint density at radius 2 is 1.90 bits per heavy atom. The van der Waals surface area contributed by atoms with E-state index in [-0.39, 0.29) is 6.04 Å². The standard InChI is InChI=1S/C18H27NO/c1-6-14-15-10-8-9-11-16(15)20-17(14)13(3)19-12-18(4,5)7-2/h8-11,13,19H,6-7,12H2,1-5H3. The maximum atomic E-state index is 6.09. The summed E-state index contributed by atoms with van der Waals surface area (Å²) in [5.74, 6) is 1.10. The van der Waals surface area contributed by atoms with E-state index in [1.165, 1.54) is 17.4 Å². The van der Waals surface area contributed by atoms with E-state index in [0.717, 1.165) is 24.3 Å². The average molecular weight is 273 g/mol. The molecule has 0 saturated carbocycles. The summed E-state index contributed by atoms with van der Waals surface area (Å²) in [6.45, 7) is 12.2. The molecule has 0 bridgehead atoms. The second kappa shape index (κ2) is 6.01. The van der Waals surface area contributed by atoms with Crippen molar-refractivity contribution in [1.82, 2.24) is 5.32 Å². The Kier molecular flexibility index (Phi) is 4.54. The monoisotopic (exact) mass is 273 g/mol. The highest BCUT2D eigenvalue weighted by Crippen LogP contribution is 2.31. The Morgan fingerprint density at radius 1 is 1.20 bits per heavy atom. The Bertz CT molecular complexity index is 568. The fourth-order valence-electron chi connectivity index (χ4n) is 2.48. The Morgan fingerprint density at radius 3 is 2.55 bits per heavy atom. The third-order valence-corrected chi connectivity index (χ3v) is 4.32. The first kappa shape index (κ1) is 15.1. The second-order valence-electron chi connectivity index (χ2n) is 6.41. The molecule has 0 radical (unpaired) electrons. The van der Waals surface area contributed by atoms with E-state index < -0.39 is 0 Å². The number of rotatable bonds is 6. The van der Waals surface area contributed by atoms with E-state index in [1.54, 1.807) is 0 Å². The van der Waals surface area contributed by atoms with Crippen molar-refractivity contribution < 1.29 is 4.42 Å². The smallest absolute Gasteiger partial charge is 0.134 e. The van der Waals surface area contributed by atoms with Crippen LogP contribution in [0.2, 0.25) is 0 Å². The lowest BCUT2D eigenvalue weighted by Gasteiger charge is -2.25. The summed E-state index contributed by atoms with van der Waals surface area (Å²) >= 11 is 0. The molecule has 1 aromatic heterocycles. The van der Waals surface area contributed by atoms with Crippen LogP contribution in [-0.4, -0.2) is 6.54 Å². The normalized spacial score (nSPS) is 13.8. The van der Waals surface area contributed by atoms with Gasteiger partial charge in [0, 0.05) is 17.5 Å². The minimum Gasteiger partial charge on any atom is -0.459 e. The predicted molar refractivity (Wildman–Crippen MR) is 86.1 cm³/mol. The number of hydrogen-bond donors (Lipinski definition) is 1. The fourth-order valence-corrected chi connectivity index (χ4v) is 2.48. The summed E-state index contributed by atoms with van der Waals surface area (Å²) in [4.78, 5) is 0. The molecule has 1 aromatic carbocycles. The van der Waals surface area contributed by atoms with Crippen LogP contribution in [0.15, 0.2) is 28.7 Å². The lowest BCUT2D eigenvalue weighted by atomic mass is 9.90. The molecule has 2 heteroatoms. The van der Waals surface area contributed by atoms with Gasteiger partial charge in [-0.1, -0.05) is 45.9 Å². The van der Waals surface area contributed by atoms with Gasteiger partial charge in [0.2, 0.25) is 0 Å². The molecule has 2 nitrogen and oxygen atoms in total. The van der Waals surface area contributed by atoms with Crippen LogP contribution in [0.1, 0.15) is 58.4 Å².